The van der Waals surface area contributed by atoms with Crippen molar-refractivity contribution in [3.8, 4) is 56.4 Å². The third-order valence-electron chi connectivity index (χ3n) is 10.1. The van der Waals surface area contributed by atoms with E-state index in [1.54, 1.807) is 0 Å². The Morgan fingerprint density at radius 2 is 0.808 bits per heavy atom. The summed E-state index contributed by atoms with van der Waals surface area (Å²) in [5.41, 5.74) is 7.48. The van der Waals surface area contributed by atoms with E-state index in [0.717, 1.165) is 54.7 Å². The van der Waals surface area contributed by atoms with Gasteiger partial charge in [0.15, 0.2) is 17.5 Å². The van der Waals surface area contributed by atoms with Gasteiger partial charge in [0.25, 0.3) is 0 Å². The second-order valence-corrected chi connectivity index (χ2v) is 13.2. The number of fused-ring (bicyclic) bond motifs is 5. The molecule has 0 saturated carbocycles. The monoisotopic (exact) mass is 661 g/mol. The third-order valence-corrected chi connectivity index (χ3v) is 10.1. The Hall–Kier alpha value is -6.97. The molecule has 10 aromatic rings. The molecule has 0 bridgehead atoms. The Kier molecular flexibility index (Phi) is 7.14. The van der Waals surface area contributed by atoms with Crippen LogP contribution in [0, 0.1) is 0 Å². The van der Waals surface area contributed by atoms with Crippen LogP contribution in [0.2, 0.25) is 0 Å². The number of aromatic nitrogens is 3. The topological polar surface area (TPSA) is 38.7 Å². The fourth-order valence-corrected chi connectivity index (χ4v) is 7.71. The highest BCUT2D eigenvalue weighted by Crippen LogP contribution is 2.46. The maximum Gasteiger partial charge on any atom is 0.165 e. The van der Waals surface area contributed by atoms with Gasteiger partial charge in [0, 0.05) is 22.1 Å². The van der Waals surface area contributed by atoms with Gasteiger partial charge in [0.1, 0.15) is 0 Å². The molecule has 0 fully saturated rings. The van der Waals surface area contributed by atoms with Gasteiger partial charge in [-0.25, -0.2) is 15.0 Å². The van der Waals surface area contributed by atoms with Gasteiger partial charge in [-0.2, -0.15) is 0 Å². The van der Waals surface area contributed by atoms with Gasteiger partial charge in [-0.1, -0.05) is 182 Å². The zero-order chi connectivity index (χ0) is 34.4. The van der Waals surface area contributed by atoms with Crippen LogP contribution in [0.4, 0.5) is 0 Å². The molecule has 1 heterocycles. The average Bonchev–Trinajstić information content (AvgIpc) is 3.23. The number of benzene rings is 9. The number of hydrogen-bond acceptors (Lipinski definition) is 3. The van der Waals surface area contributed by atoms with E-state index in [-0.39, 0.29) is 0 Å². The van der Waals surface area contributed by atoms with E-state index in [1.807, 2.05) is 24.3 Å². The van der Waals surface area contributed by atoms with Crippen LogP contribution >= 0.6 is 0 Å². The summed E-state index contributed by atoms with van der Waals surface area (Å²) < 4.78 is 0. The Labute approximate surface area is 301 Å². The van der Waals surface area contributed by atoms with Crippen molar-refractivity contribution in [1.82, 2.24) is 15.0 Å². The number of rotatable bonds is 5. The number of hydrogen-bond donors (Lipinski definition) is 0. The summed E-state index contributed by atoms with van der Waals surface area (Å²) in [4.78, 5) is 15.9. The van der Waals surface area contributed by atoms with Crippen molar-refractivity contribution >= 4 is 43.1 Å². The molecular weight excluding hydrogens is 631 g/mol. The predicted molar refractivity (Wildman–Crippen MR) is 217 cm³/mol. The molecule has 0 N–H and O–H groups in total. The predicted octanol–water partition coefficient (Wildman–Crippen LogP) is 12.8. The fourth-order valence-electron chi connectivity index (χ4n) is 7.71. The van der Waals surface area contributed by atoms with Crippen molar-refractivity contribution in [3.05, 3.63) is 188 Å². The molecule has 0 unspecified atom stereocenters. The number of nitrogens with zero attached hydrogens (tertiary/aromatic N) is 3. The van der Waals surface area contributed by atoms with Crippen molar-refractivity contribution in [3.63, 3.8) is 0 Å². The molecule has 0 spiro atoms. The highest BCUT2D eigenvalue weighted by molar-refractivity contribution is 6.27. The van der Waals surface area contributed by atoms with Crippen molar-refractivity contribution < 1.29 is 0 Å². The largest absolute Gasteiger partial charge is 0.208 e. The van der Waals surface area contributed by atoms with Gasteiger partial charge in [0.05, 0.1) is 0 Å². The van der Waals surface area contributed by atoms with Gasteiger partial charge in [-0.15, -0.1) is 0 Å². The summed E-state index contributed by atoms with van der Waals surface area (Å²) in [5.74, 6) is 1.92. The van der Waals surface area contributed by atoms with Gasteiger partial charge < -0.3 is 0 Å². The Morgan fingerprint density at radius 1 is 0.269 bits per heavy atom. The average molecular weight is 662 g/mol. The molecule has 242 valence electrons. The lowest BCUT2D eigenvalue weighted by atomic mass is 9.85. The first-order valence-electron chi connectivity index (χ1n) is 17.6. The minimum atomic E-state index is 0.638. The second-order valence-electron chi connectivity index (χ2n) is 13.2. The summed E-state index contributed by atoms with van der Waals surface area (Å²) >= 11 is 0. The molecule has 0 aliphatic heterocycles. The SMILES string of the molecule is c1ccc(-c2nc(-c3ccccc3-c3ccccc3)nc(-c3c4ccccc4c(-c4ccc5ccccc5c4)c4ccc5ccccc5c34)n2)cc1. The van der Waals surface area contributed by atoms with Gasteiger partial charge in [-0.05, 0) is 66.0 Å². The minimum absolute atomic E-state index is 0.638. The first-order chi connectivity index (χ1) is 25.8. The van der Waals surface area contributed by atoms with E-state index < -0.39 is 0 Å². The molecule has 0 amide bonds. The maximum atomic E-state index is 5.41. The Morgan fingerprint density at radius 3 is 1.58 bits per heavy atom. The summed E-state index contributed by atoms with van der Waals surface area (Å²) in [5, 5.41) is 9.32. The lowest BCUT2D eigenvalue weighted by Crippen LogP contribution is -2.02. The van der Waals surface area contributed by atoms with Crippen molar-refractivity contribution in [2.75, 3.05) is 0 Å². The van der Waals surface area contributed by atoms with E-state index in [9.17, 15) is 0 Å². The van der Waals surface area contributed by atoms with Crippen LogP contribution in [-0.4, -0.2) is 15.0 Å². The third kappa shape index (κ3) is 5.02. The summed E-state index contributed by atoms with van der Waals surface area (Å²) in [6.07, 6.45) is 0. The van der Waals surface area contributed by atoms with Crippen LogP contribution in [0.25, 0.3) is 99.5 Å². The normalized spacial score (nSPS) is 11.5. The van der Waals surface area contributed by atoms with E-state index in [0.29, 0.717) is 17.5 Å². The van der Waals surface area contributed by atoms with Crippen LogP contribution in [0.15, 0.2) is 188 Å². The zero-order valence-electron chi connectivity index (χ0n) is 28.2. The minimum Gasteiger partial charge on any atom is -0.208 e. The van der Waals surface area contributed by atoms with E-state index in [1.165, 1.54) is 27.3 Å². The fraction of sp³-hybridized carbons (Fsp3) is 0. The molecule has 10 rings (SSSR count). The van der Waals surface area contributed by atoms with Crippen LogP contribution in [0.1, 0.15) is 0 Å². The lowest BCUT2D eigenvalue weighted by molar-refractivity contribution is 1.08. The molecule has 1 aromatic heterocycles. The summed E-state index contributed by atoms with van der Waals surface area (Å²) in [6, 6.07) is 66.3. The van der Waals surface area contributed by atoms with Crippen molar-refractivity contribution in [1.29, 1.82) is 0 Å². The Balaban J connectivity index is 1.34. The maximum absolute atomic E-state index is 5.41. The molecule has 52 heavy (non-hydrogen) atoms. The second kappa shape index (κ2) is 12.4. The molecule has 3 nitrogen and oxygen atoms in total. The molecular formula is C49H31N3. The zero-order valence-corrected chi connectivity index (χ0v) is 28.2. The first kappa shape index (κ1) is 29.9. The van der Waals surface area contributed by atoms with Gasteiger partial charge in [-0.3, -0.25) is 0 Å². The highest BCUT2D eigenvalue weighted by atomic mass is 15.0. The van der Waals surface area contributed by atoms with E-state index in [2.05, 4.69) is 164 Å². The van der Waals surface area contributed by atoms with Crippen LogP contribution < -0.4 is 0 Å². The van der Waals surface area contributed by atoms with Crippen LogP contribution in [0.5, 0.6) is 0 Å². The molecule has 0 atom stereocenters. The van der Waals surface area contributed by atoms with Gasteiger partial charge in [0.2, 0.25) is 0 Å². The first-order valence-corrected chi connectivity index (χ1v) is 17.6. The van der Waals surface area contributed by atoms with E-state index >= 15 is 0 Å². The van der Waals surface area contributed by atoms with Crippen LogP contribution in [-0.2, 0) is 0 Å². The van der Waals surface area contributed by atoms with Crippen LogP contribution in [0.3, 0.4) is 0 Å². The van der Waals surface area contributed by atoms with Crippen molar-refractivity contribution in [2.45, 2.75) is 0 Å². The molecule has 0 saturated heterocycles. The quantitative estimate of drug-likeness (QED) is 0.136. The van der Waals surface area contributed by atoms with E-state index in [4.69, 9.17) is 15.0 Å². The summed E-state index contributed by atoms with van der Waals surface area (Å²) in [6.45, 7) is 0. The molecule has 0 aliphatic carbocycles. The van der Waals surface area contributed by atoms with Gasteiger partial charge >= 0.3 is 0 Å². The highest BCUT2D eigenvalue weighted by Gasteiger charge is 2.23. The molecule has 0 aliphatic rings. The smallest absolute Gasteiger partial charge is 0.165 e. The Bertz CT molecular complexity index is 2950. The lowest BCUT2D eigenvalue weighted by Gasteiger charge is -2.19. The standard InChI is InChI=1S/C49H31N3/c1-3-16-33(17-4-1)38-22-11-14-26-42(38)48-50-47(35-19-5-2-6-20-35)51-49(52-48)46-41-25-13-12-24-40(41)44(37-28-27-32-15-7-8-21-36(32)31-37)43-30-29-34-18-9-10-23-39(34)45(43)46/h1-31H. The molecule has 3 heteroatoms. The molecule has 9 aromatic carbocycles. The molecule has 0 radical (unpaired) electrons. The summed E-state index contributed by atoms with van der Waals surface area (Å²) in [7, 11) is 0. The van der Waals surface area contributed by atoms with Crippen molar-refractivity contribution in [2.24, 2.45) is 0 Å².